The van der Waals surface area contributed by atoms with E-state index in [1.54, 1.807) is 18.2 Å². The van der Waals surface area contributed by atoms with Crippen molar-refractivity contribution in [3.63, 3.8) is 0 Å². The first kappa shape index (κ1) is 21.8. The van der Waals surface area contributed by atoms with Gasteiger partial charge in [0.1, 0.15) is 17.3 Å². The second-order valence-electron chi connectivity index (χ2n) is 6.63. The van der Waals surface area contributed by atoms with Gasteiger partial charge in [-0.25, -0.2) is 0 Å². The first-order valence-electron chi connectivity index (χ1n) is 9.20. The molecule has 2 aromatic rings. The fourth-order valence-corrected chi connectivity index (χ4v) is 3.48. The van der Waals surface area contributed by atoms with Crippen LogP contribution >= 0.6 is 0 Å². The van der Waals surface area contributed by atoms with Crippen LogP contribution in [0.1, 0.15) is 17.2 Å². The Hall–Kier alpha value is -3.92. The fourth-order valence-electron chi connectivity index (χ4n) is 3.48. The summed E-state index contributed by atoms with van der Waals surface area (Å²) in [7, 11) is 2.88. The number of likely N-dealkylation sites (tertiary alicyclic amines) is 1. The Morgan fingerprint density at radius 1 is 1.13 bits per heavy atom. The standard InChI is InChI=1S/C21H20N2O8/c1-30-14-7-8-15(16(11-14)31-2)18-17(20(26)21(27)22(18)9-10-24)19(25)12-3-5-13(6-4-12)23(28)29/h3-8,11,18,24-25H,9-10H2,1-2H3. The predicted molar refractivity (Wildman–Crippen MR) is 109 cm³/mol. The molecule has 10 heteroatoms. The molecule has 1 amide bonds. The van der Waals surface area contributed by atoms with Crippen LogP contribution in [-0.2, 0) is 9.59 Å². The number of benzene rings is 2. The van der Waals surface area contributed by atoms with Crippen LogP contribution in [0.3, 0.4) is 0 Å². The molecule has 0 radical (unpaired) electrons. The summed E-state index contributed by atoms with van der Waals surface area (Å²) in [4.78, 5) is 36.9. The van der Waals surface area contributed by atoms with Gasteiger partial charge in [0.25, 0.3) is 17.4 Å². The highest BCUT2D eigenvalue weighted by Gasteiger charge is 2.46. The molecule has 10 nitrogen and oxygen atoms in total. The van der Waals surface area contributed by atoms with Gasteiger partial charge in [-0.15, -0.1) is 0 Å². The van der Waals surface area contributed by atoms with E-state index in [9.17, 15) is 29.9 Å². The molecule has 0 saturated carbocycles. The molecule has 1 unspecified atom stereocenters. The van der Waals surface area contributed by atoms with E-state index in [0.717, 1.165) is 4.90 Å². The van der Waals surface area contributed by atoms with Crippen molar-refractivity contribution in [1.29, 1.82) is 0 Å². The number of non-ortho nitro benzene ring substituents is 1. The summed E-state index contributed by atoms with van der Waals surface area (Å²) >= 11 is 0. The number of hydrogen-bond acceptors (Lipinski definition) is 8. The Labute approximate surface area is 177 Å². The Morgan fingerprint density at radius 3 is 2.35 bits per heavy atom. The fraction of sp³-hybridized carbons (Fsp3) is 0.238. The monoisotopic (exact) mass is 428 g/mol. The summed E-state index contributed by atoms with van der Waals surface area (Å²) in [5.74, 6) is -1.53. The second kappa shape index (κ2) is 8.84. The van der Waals surface area contributed by atoms with E-state index in [-0.39, 0.29) is 23.4 Å². The number of hydrogen-bond donors (Lipinski definition) is 2. The topological polar surface area (TPSA) is 139 Å². The van der Waals surface area contributed by atoms with Crippen LogP contribution in [0.25, 0.3) is 5.76 Å². The van der Waals surface area contributed by atoms with Crippen LogP contribution in [0.2, 0.25) is 0 Å². The third kappa shape index (κ3) is 3.92. The maximum atomic E-state index is 12.8. The number of carbonyl (C=O) groups is 2. The molecular formula is C21H20N2O8. The number of β-amino-alcohol motifs (C(OH)–C–C–N with tert-alkyl or cyclic N) is 1. The van der Waals surface area contributed by atoms with Crippen LogP contribution in [0.5, 0.6) is 11.5 Å². The second-order valence-corrected chi connectivity index (χ2v) is 6.63. The number of nitro benzene ring substituents is 1. The Balaban J connectivity index is 2.21. The van der Waals surface area contributed by atoms with E-state index in [0.29, 0.717) is 17.1 Å². The molecule has 1 saturated heterocycles. The Kier molecular flexibility index (Phi) is 6.21. The van der Waals surface area contributed by atoms with Gasteiger partial charge in [0.15, 0.2) is 0 Å². The predicted octanol–water partition coefficient (Wildman–Crippen LogP) is 2.03. The molecule has 31 heavy (non-hydrogen) atoms. The van der Waals surface area contributed by atoms with Crippen molar-refractivity contribution in [1.82, 2.24) is 4.90 Å². The molecule has 1 fully saturated rings. The first-order chi connectivity index (χ1) is 14.8. The van der Waals surface area contributed by atoms with Crippen molar-refractivity contribution in [2.75, 3.05) is 27.4 Å². The smallest absolute Gasteiger partial charge is 0.295 e. The van der Waals surface area contributed by atoms with Crippen molar-refractivity contribution in [2.24, 2.45) is 0 Å². The number of rotatable bonds is 7. The summed E-state index contributed by atoms with van der Waals surface area (Å²) in [5, 5.41) is 31.2. The maximum Gasteiger partial charge on any atom is 0.295 e. The molecular weight excluding hydrogens is 408 g/mol. The lowest BCUT2D eigenvalue weighted by molar-refractivity contribution is -0.384. The molecule has 1 aliphatic heterocycles. The van der Waals surface area contributed by atoms with Crippen molar-refractivity contribution >= 4 is 23.1 Å². The van der Waals surface area contributed by atoms with Crippen LogP contribution in [0.15, 0.2) is 48.0 Å². The van der Waals surface area contributed by atoms with Crippen LogP contribution in [-0.4, -0.2) is 59.1 Å². The van der Waals surface area contributed by atoms with E-state index < -0.39 is 35.0 Å². The molecule has 3 rings (SSSR count). The van der Waals surface area contributed by atoms with Gasteiger partial charge in [-0.3, -0.25) is 19.7 Å². The largest absolute Gasteiger partial charge is 0.507 e. The molecule has 1 aliphatic rings. The third-order valence-corrected chi connectivity index (χ3v) is 4.97. The van der Waals surface area contributed by atoms with Gasteiger partial charge in [0.05, 0.1) is 37.4 Å². The number of carbonyl (C=O) groups excluding carboxylic acids is 2. The van der Waals surface area contributed by atoms with Crippen molar-refractivity contribution in [3.8, 4) is 11.5 Å². The minimum atomic E-state index is -1.04. The number of ether oxygens (including phenoxy) is 2. The Bertz CT molecular complexity index is 1060. The number of nitrogens with zero attached hydrogens (tertiary/aromatic N) is 2. The molecule has 2 aromatic carbocycles. The van der Waals surface area contributed by atoms with Crippen LogP contribution in [0, 0.1) is 10.1 Å². The van der Waals surface area contributed by atoms with E-state index in [4.69, 9.17) is 9.47 Å². The number of aliphatic hydroxyl groups is 2. The van der Waals surface area contributed by atoms with Crippen LogP contribution in [0.4, 0.5) is 5.69 Å². The minimum absolute atomic E-state index is 0.130. The zero-order chi connectivity index (χ0) is 22.7. The zero-order valence-corrected chi connectivity index (χ0v) is 16.8. The van der Waals surface area contributed by atoms with Crippen molar-refractivity contribution in [2.45, 2.75) is 6.04 Å². The molecule has 2 N–H and O–H groups in total. The number of aliphatic hydroxyl groups excluding tert-OH is 2. The molecule has 0 aromatic heterocycles. The number of amides is 1. The zero-order valence-electron chi connectivity index (χ0n) is 16.8. The summed E-state index contributed by atoms with van der Waals surface area (Å²) in [6, 6.07) is 8.68. The highest BCUT2D eigenvalue weighted by Crippen LogP contribution is 2.43. The van der Waals surface area contributed by atoms with Gasteiger partial charge in [0, 0.05) is 35.9 Å². The molecule has 0 spiro atoms. The molecule has 1 atom stereocenters. The quantitative estimate of drug-likeness (QED) is 0.224. The Morgan fingerprint density at radius 2 is 1.81 bits per heavy atom. The minimum Gasteiger partial charge on any atom is -0.507 e. The number of nitro groups is 1. The van der Waals surface area contributed by atoms with Gasteiger partial charge in [-0.2, -0.15) is 0 Å². The average molecular weight is 428 g/mol. The van der Waals surface area contributed by atoms with Gasteiger partial charge in [0.2, 0.25) is 0 Å². The van der Waals surface area contributed by atoms with E-state index in [1.165, 1.54) is 38.5 Å². The molecule has 1 heterocycles. The van der Waals surface area contributed by atoms with Gasteiger partial charge < -0.3 is 24.6 Å². The molecule has 0 bridgehead atoms. The van der Waals surface area contributed by atoms with Gasteiger partial charge in [-0.1, -0.05) is 0 Å². The number of methoxy groups -OCH3 is 2. The van der Waals surface area contributed by atoms with E-state index >= 15 is 0 Å². The molecule has 162 valence electrons. The SMILES string of the molecule is COc1ccc(C2C(=C(O)c3ccc([N+](=O)[O-])cc3)C(=O)C(=O)N2CCO)c(OC)c1. The lowest BCUT2D eigenvalue weighted by Crippen LogP contribution is -2.32. The highest BCUT2D eigenvalue weighted by molar-refractivity contribution is 6.46. The lowest BCUT2D eigenvalue weighted by Gasteiger charge is -2.26. The van der Waals surface area contributed by atoms with Gasteiger partial charge in [-0.05, 0) is 24.3 Å². The van der Waals surface area contributed by atoms with Crippen molar-refractivity contribution in [3.05, 3.63) is 69.3 Å². The number of Topliss-reactive ketones (excluding diaryl/α,β-unsaturated/α-hetero) is 1. The maximum absolute atomic E-state index is 12.8. The van der Waals surface area contributed by atoms with E-state index in [1.807, 2.05) is 0 Å². The summed E-state index contributed by atoms with van der Waals surface area (Å²) in [6.07, 6.45) is 0. The molecule has 0 aliphatic carbocycles. The lowest BCUT2D eigenvalue weighted by atomic mass is 9.94. The highest BCUT2D eigenvalue weighted by atomic mass is 16.6. The van der Waals surface area contributed by atoms with E-state index in [2.05, 4.69) is 0 Å². The summed E-state index contributed by atoms with van der Waals surface area (Å²) in [5.41, 5.74) is 0.130. The van der Waals surface area contributed by atoms with Crippen molar-refractivity contribution < 1.29 is 34.2 Å². The van der Waals surface area contributed by atoms with Gasteiger partial charge >= 0.3 is 0 Å². The number of ketones is 1. The normalized spacial score (nSPS) is 17.6. The first-order valence-corrected chi connectivity index (χ1v) is 9.20. The van der Waals surface area contributed by atoms with Crippen LogP contribution < -0.4 is 9.47 Å². The summed E-state index contributed by atoms with van der Waals surface area (Å²) < 4.78 is 10.6. The third-order valence-electron chi connectivity index (χ3n) is 4.97. The summed E-state index contributed by atoms with van der Waals surface area (Å²) in [6.45, 7) is -0.555. The average Bonchev–Trinajstić information content (AvgIpc) is 3.03.